The van der Waals surface area contributed by atoms with Crippen molar-refractivity contribution in [2.45, 2.75) is 86.0 Å². The van der Waals surface area contributed by atoms with Gasteiger partial charge in [-0.1, -0.05) is 46.6 Å². The van der Waals surface area contributed by atoms with Crippen molar-refractivity contribution < 1.29 is 47.6 Å². The van der Waals surface area contributed by atoms with E-state index in [0.717, 1.165) is 12.8 Å². The normalized spacial score (nSPS) is 14.7. The van der Waals surface area contributed by atoms with Crippen LogP contribution in [0.3, 0.4) is 0 Å². The first-order valence-corrected chi connectivity index (χ1v) is 12.8. The lowest BCUT2D eigenvalue weighted by molar-refractivity contribution is -0.164. The number of rotatable bonds is 14. The Morgan fingerprint density at radius 2 is 1.29 bits per heavy atom. The Labute approximate surface area is 224 Å². The molecule has 0 radical (unpaired) electrons. The Hall–Kier alpha value is -3.34. The number of ether oxygens (including phenoxy) is 6. The average Bonchev–Trinajstić information content (AvgIpc) is 2.86. The quantitative estimate of drug-likeness (QED) is 0.201. The van der Waals surface area contributed by atoms with Crippen LogP contribution in [0.15, 0.2) is 18.2 Å². The Kier molecular flexibility index (Phi) is 14.2. The fourth-order valence-electron chi connectivity index (χ4n) is 2.80. The SMILES string of the molecule is CCC(C)COC(=O)Oc1ccc(C[C@H](N)C(=O)O[C@@H](C)[C@H](C)OC(C)=O)cc1OC(=O)OCC(C)CC. The predicted molar refractivity (Wildman–Crippen MR) is 138 cm³/mol. The van der Waals surface area contributed by atoms with Gasteiger partial charge in [-0.2, -0.15) is 0 Å². The molecular weight excluding hydrogens is 498 g/mol. The number of hydrogen-bond donors (Lipinski definition) is 1. The Bertz CT molecular complexity index is 934. The summed E-state index contributed by atoms with van der Waals surface area (Å²) in [5.41, 5.74) is 6.53. The Morgan fingerprint density at radius 3 is 1.79 bits per heavy atom. The summed E-state index contributed by atoms with van der Waals surface area (Å²) in [6.45, 7) is 12.6. The van der Waals surface area contributed by atoms with Crippen LogP contribution < -0.4 is 15.2 Å². The second-order valence-electron chi connectivity index (χ2n) is 9.40. The highest BCUT2D eigenvalue weighted by Crippen LogP contribution is 2.30. The molecule has 0 aliphatic rings. The van der Waals surface area contributed by atoms with Crippen molar-refractivity contribution in [3.05, 3.63) is 23.8 Å². The van der Waals surface area contributed by atoms with E-state index in [9.17, 15) is 19.2 Å². The van der Waals surface area contributed by atoms with E-state index < -0.39 is 42.5 Å². The minimum absolute atomic E-state index is 0.0184. The number of carbonyl (C=O) groups excluding carboxylic acids is 4. The molecule has 0 bridgehead atoms. The number of hydrogen-bond acceptors (Lipinski definition) is 11. The molecule has 214 valence electrons. The lowest BCUT2D eigenvalue weighted by Crippen LogP contribution is -2.39. The maximum absolute atomic E-state index is 12.5. The molecule has 0 aliphatic heterocycles. The van der Waals surface area contributed by atoms with Crippen molar-refractivity contribution in [1.29, 1.82) is 0 Å². The molecule has 0 saturated heterocycles. The van der Waals surface area contributed by atoms with Crippen molar-refractivity contribution >= 4 is 24.2 Å². The zero-order chi connectivity index (χ0) is 28.8. The zero-order valence-electron chi connectivity index (χ0n) is 23.3. The van der Waals surface area contributed by atoms with Crippen molar-refractivity contribution in [3.8, 4) is 11.5 Å². The van der Waals surface area contributed by atoms with Crippen LogP contribution >= 0.6 is 0 Å². The van der Waals surface area contributed by atoms with Gasteiger partial charge >= 0.3 is 24.2 Å². The molecule has 38 heavy (non-hydrogen) atoms. The summed E-state index contributed by atoms with van der Waals surface area (Å²) in [5.74, 6) is -1.09. The van der Waals surface area contributed by atoms with Crippen LogP contribution in [0.25, 0.3) is 0 Å². The molecule has 1 aromatic carbocycles. The molecule has 1 rings (SSSR count). The second kappa shape index (κ2) is 16.5. The minimum atomic E-state index is -1.07. The van der Waals surface area contributed by atoms with Crippen molar-refractivity contribution in [2.24, 2.45) is 17.6 Å². The number of esters is 2. The fourth-order valence-corrected chi connectivity index (χ4v) is 2.80. The summed E-state index contributed by atoms with van der Waals surface area (Å²) < 4.78 is 31.1. The smallest absolute Gasteiger partial charge is 0.459 e. The van der Waals surface area contributed by atoms with Crippen molar-refractivity contribution in [2.75, 3.05) is 13.2 Å². The van der Waals surface area contributed by atoms with E-state index in [-0.39, 0.29) is 43.0 Å². The topological polar surface area (TPSA) is 150 Å². The lowest BCUT2D eigenvalue weighted by Gasteiger charge is -2.22. The Balaban J connectivity index is 2.98. The van der Waals surface area contributed by atoms with Gasteiger partial charge in [-0.25, -0.2) is 9.59 Å². The van der Waals surface area contributed by atoms with Crippen LogP contribution in [0, 0.1) is 11.8 Å². The molecule has 1 aromatic rings. The van der Waals surface area contributed by atoms with E-state index in [2.05, 4.69) is 0 Å². The van der Waals surface area contributed by atoms with Gasteiger partial charge < -0.3 is 34.2 Å². The van der Waals surface area contributed by atoms with E-state index in [1.54, 1.807) is 19.9 Å². The molecule has 0 heterocycles. The third-order valence-electron chi connectivity index (χ3n) is 5.83. The second-order valence-corrected chi connectivity index (χ2v) is 9.40. The third kappa shape index (κ3) is 12.3. The summed E-state index contributed by atoms with van der Waals surface area (Å²) in [4.78, 5) is 48.0. The fraction of sp³-hybridized carbons (Fsp3) is 0.630. The molecule has 0 saturated carbocycles. The lowest BCUT2D eigenvalue weighted by atomic mass is 10.1. The van der Waals surface area contributed by atoms with Crippen LogP contribution in [-0.4, -0.2) is 55.7 Å². The first kappa shape index (κ1) is 32.7. The summed E-state index contributed by atoms with van der Waals surface area (Å²) in [7, 11) is 0. The summed E-state index contributed by atoms with van der Waals surface area (Å²) >= 11 is 0. The Morgan fingerprint density at radius 1 is 0.789 bits per heavy atom. The number of carbonyl (C=O) groups is 4. The van der Waals surface area contributed by atoms with Gasteiger partial charge in [0.15, 0.2) is 11.5 Å². The van der Waals surface area contributed by atoms with E-state index in [1.807, 2.05) is 27.7 Å². The maximum Gasteiger partial charge on any atom is 0.513 e. The molecule has 0 aliphatic carbocycles. The van der Waals surface area contributed by atoms with Gasteiger partial charge in [-0.05, 0) is 49.8 Å². The first-order valence-electron chi connectivity index (χ1n) is 12.8. The maximum atomic E-state index is 12.5. The van der Waals surface area contributed by atoms with Crippen LogP contribution in [0.5, 0.6) is 11.5 Å². The molecule has 0 fully saturated rings. The van der Waals surface area contributed by atoms with E-state index in [0.29, 0.717) is 5.56 Å². The number of benzene rings is 1. The van der Waals surface area contributed by atoms with E-state index in [4.69, 9.17) is 34.2 Å². The summed E-state index contributed by atoms with van der Waals surface area (Å²) in [6, 6.07) is 3.31. The molecule has 0 aromatic heterocycles. The standard InChI is InChI=1S/C27H41NO10/c1-8-16(3)14-33-26(31)37-23-11-10-21(13-24(23)38-27(32)34-15-17(4)9-2)12-22(28)25(30)36-19(6)18(5)35-20(7)29/h10-11,13,16-19,22H,8-9,12,14-15,28H2,1-7H3/t16?,17?,18-,19-,22-/m0/s1. The van der Waals surface area contributed by atoms with Gasteiger partial charge in [-0.15, -0.1) is 0 Å². The van der Waals surface area contributed by atoms with Crippen molar-refractivity contribution in [1.82, 2.24) is 0 Å². The van der Waals surface area contributed by atoms with Crippen LogP contribution in [-0.2, 0) is 35.0 Å². The highest BCUT2D eigenvalue weighted by atomic mass is 16.7. The molecule has 0 spiro atoms. The van der Waals surface area contributed by atoms with Crippen LogP contribution in [0.1, 0.15) is 66.9 Å². The molecule has 0 amide bonds. The molecule has 2 unspecified atom stereocenters. The molecule has 2 N–H and O–H groups in total. The highest BCUT2D eigenvalue weighted by molar-refractivity contribution is 5.76. The van der Waals surface area contributed by atoms with Crippen molar-refractivity contribution in [3.63, 3.8) is 0 Å². The minimum Gasteiger partial charge on any atom is -0.459 e. The summed E-state index contributed by atoms with van der Waals surface area (Å²) in [6.07, 6.45) is -1.64. The van der Waals surface area contributed by atoms with Gasteiger partial charge in [0.05, 0.1) is 13.2 Å². The van der Waals surface area contributed by atoms with Gasteiger partial charge in [0.25, 0.3) is 0 Å². The third-order valence-corrected chi connectivity index (χ3v) is 5.83. The zero-order valence-corrected chi connectivity index (χ0v) is 23.3. The number of nitrogens with two attached hydrogens (primary N) is 1. The van der Waals surface area contributed by atoms with Gasteiger partial charge in [-0.3, -0.25) is 9.59 Å². The first-order chi connectivity index (χ1) is 17.9. The van der Waals surface area contributed by atoms with Crippen LogP contribution in [0.4, 0.5) is 9.59 Å². The molecule has 5 atom stereocenters. The monoisotopic (exact) mass is 539 g/mol. The summed E-state index contributed by atoms with van der Waals surface area (Å²) in [5, 5.41) is 0. The molecule has 11 heteroatoms. The molecule has 11 nitrogen and oxygen atoms in total. The highest BCUT2D eigenvalue weighted by Gasteiger charge is 2.24. The van der Waals surface area contributed by atoms with E-state index >= 15 is 0 Å². The molecular formula is C27H41NO10. The van der Waals surface area contributed by atoms with E-state index in [1.165, 1.54) is 19.1 Å². The predicted octanol–water partition coefficient (Wildman–Crippen LogP) is 4.56. The van der Waals surface area contributed by atoms with Crippen LogP contribution in [0.2, 0.25) is 0 Å². The van der Waals surface area contributed by atoms with Gasteiger partial charge in [0.1, 0.15) is 18.2 Å². The van der Waals surface area contributed by atoms with Gasteiger partial charge in [0, 0.05) is 6.92 Å². The average molecular weight is 540 g/mol. The van der Waals surface area contributed by atoms with Gasteiger partial charge in [0.2, 0.25) is 0 Å². The largest absolute Gasteiger partial charge is 0.513 e.